The van der Waals surface area contributed by atoms with Crippen LogP contribution in [0.5, 0.6) is 5.75 Å². The van der Waals surface area contributed by atoms with Gasteiger partial charge in [-0.1, -0.05) is 17.7 Å². The lowest BCUT2D eigenvalue weighted by atomic mass is 10.2. The van der Waals surface area contributed by atoms with E-state index in [1.165, 1.54) is 4.57 Å². The van der Waals surface area contributed by atoms with Crippen LogP contribution in [0.4, 0.5) is 0 Å². The summed E-state index contributed by atoms with van der Waals surface area (Å²) in [5.41, 5.74) is 1.14. The molecule has 1 amide bonds. The Bertz CT molecular complexity index is 863. The number of carbonyl (C=O) groups excluding carboxylic acids is 1. The summed E-state index contributed by atoms with van der Waals surface area (Å²) in [6.45, 7) is 4.05. The molecule has 0 unspecified atom stereocenters. The number of hydrogen-bond donors (Lipinski definition) is 0. The predicted octanol–water partition coefficient (Wildman–Crippen LogP) is 2.05. The minimum Gasteiger partial charge on any atom is -0.481 e. The Balaban J connectivity index is 1.75. The van der Waals surface area contributed by atoms with Crippen molar-refractivity contribution in [1.29, 1.82) is 0 Å². The van der Waals surface area contributed by atoms with E-state index >= 15 is 0 Å². The molecule has 1 aliphatic heterocycles. The molecule has 1 aromatic carbocycles. The van der Waals surface area contributed by atoms with E-state index < -0.39 is 6.10 Å². The Morgan fingerprint density at radius 1 is 1.38 bits per heavy atom. The molecule has 3 rings (SSSR count). The smallest absolute Gasteiger partial charge is 0.264 e. The van der Waals surface area contributed by atoms with Gasteiger partial charge in [0.05, 0.1) is 24.3 Å². The van der Waals surface area contributed by atoms with Gasteiger partial charge in [0.15, 0.2) is 6.10 Å². The average molecular weight is 348 g/mol. The van der Waals surface area contributed by atoms with E-state index in [0.717, 1.165) is 0 Å². The summed E-state index contributed by atoms with van der Waals surface area (Å²) < 4.78 is 7.17. The first-order valence-electron chi connectivity index (χ1n) is 7.63. The zero-order chi connectivity index (χ0) is 17.4. The Kier molecular flexibility index (Phi) is 4.32. The van der Waals surface area contributed by atoms with E-state index in [9.17, 15) is 9.59 Å². The van der Waals surface area contributed by atoms with Gasteiger partial charge in [-0.15, -0.1) is 0 Å². The van der Waals surface area contributed by atoms with Crippen LogP contribution in [-0.2, 0) is 24.9 Å². The molecule has 0 spiro atoms. The number of hydrogen-bond acceptors (Lipinski definition) is 4. The van der Waals surface area contributed by atoms with Crippen molar-refractivity contribution >= 4 is 17.5 Å². The van der Waals surface area contributed by atoms with Gasteiger partial charge in [0, 0.05) is 12.1 Å². The van der Waals surface area contributed by atoms with E-state index in [1.54, 1.807) is 50.1 Å². The van der Waals surface area contributed by atoms with E-state index in [2.05, 4.69) is 4.98 Å². The van der Waals surface area contributed by atoms with Gasteiger partial charge in [-0.05, 0) is 32.0 Å². The highest BCUT2D eigenvalue weighted by Gasteiger charge is 2.31. The fraction of sp³-hybridized carbons (Fsp3) is 0.353. The minimum atomic E-state index is -0.678. The molecule has 126 valence electrons. The molecule has 0 fully saturated rings. The monoisotopic (exact) mass is 347 g/mol. The number of aryl methyl sites for hydroxylation is 1. The molecule has 0 saturated carbocycles. The third-order valence-electron chi connectivity index (χ3n) is 4.15. The number of rotatable bonds is 3. The Labute approximate surface area is 144 Å². The van der Waals surface area contributed by atoms with Crippen LogP contribution in [0, 0.1) is 6.92 Å². The fourth-order valence-corrected chi connectivity index (χ4v) is 2.92. The summed E-state index contributed by atoms with van der Waals surface area (Å²) >= 11 is 5.92. The maximum atomic E-state index is 12.6. The second-order valence-corrected chi connectivity index (χ2v) is 6.30. The molecule has 0 aliphatic carbocycles. The highest BCUT2D eigenvalue weighted by Crippen LogP contribution is 2.22. The number of nitrogens with zero attached hydrogens (tertiary/aromatic N) is 3. The van der Waals surface area contributed by atoms with Crippen LogP contribution < -0.4 is 10.3 Å². The van der Waals surface area contributed by atoms with Crippen molar-refractivity contribution < 1.29 is 9.53 Å². The van der Waals surface area contributed by atoms with Gasteiger partial charge < -0.3 is 9.64 Å². The summed E-state index contributed by atoms with van der Waals surface area (Å²) in [5.74, 6) is 0.980. The van der Waals surface area contributed by atoms with Crippen molar-refractivity contribution in [2.75, 3.05) is 0 Å². The number of ether oxygens (including phenoxy) is 1. The van der Waals surface area contributed by atoms with Crippen molar-refractivity contribution in [2.24, 2.45) is 7.05 Å². The molecular formula is C17H18ClN3O3. The molecule has 0 N–H and O–H groups in total. The van der Waals surface area contributed by atoms with Crippen molar-refractivity contribution in [3.05, 3.63) is 56.7 Å². The first-order valence-corrected chi connectivity index (χ1v) is 8.01. The number of amides is 1. The molecule has 7 heteroatoms. The van der Waals surface area contributed by atoms with Crippen LogP contribution in [-0.4, -0.2) is 26.5 Å². The quantitative estimate of drug-likeness (QED) is 0.852. The molecule has 0 saturated heterocycles. The summed E-state index contributed by atoms with van der Waals surface area (Å²) in [4.78, 5) is 30.9. The maximum absolute atomic E-state index is 12.6. The third kappa shape index (κ3) is 3.01. The predicted molar refractivity (Wildman–Crippen MR) is 90.0 cm³/mol. The van der Waals surface area contributed by atoms with Crippen molar-refractivity contribution in [3.8, 4) is 5.75 Å². The normalized spacial score (nSPS) is 14.4. The topological polar surface area (TPSA) is 64.4 Å². The number of carbonyl (C=O) groups is 1. The lowest BCUT2D eigenvalue weighted by Crippen LogP contribution is -2.37. The molecule has 24 heavy (non-hydrogen) atoms. The molecular weight excluding hydrogens is 330 g/mol. The number of fused-ring (bicyclic) bond motifs is 1. The Morgan fingerprint density at radius 3 is 2.83 bits per heavy atom. The summed E-state index contributed by atoms with van der Waals surface area (Å²) in [5, 5.41) is 0.545. The largest absolute Gasteiger partial charge is 0.481 e. The zero-order valence-electron chi connectivity index (χ0n) is 13.7. The SMILES string of the molecule is Cc1nc2c(c(=O)n1C)CN(C(=O)[C@H](C)Oc1cccc(Cl)c1)C2. The first kappa shape index (κ1) is 16.5. The van der Waals surface area contributed by atoms with E-state index in [-0.39, 0.29) is 18.0 Å². The fourth-order valence-electron chi connectivity index (χ4n) is 2.74. The van der Waals surface area contributed by atoms with Gasteiger partial charge >= 0.3 is 0 Å². The highest BCUT2D eigenvalue weighted by molar-refractivity contribution is 6.30. The van der Waals surface area contributed by atoms with Crippen LogP contribution in [0.2, 0.25) is 5.02 Å². The van der Waals surface area contributed by atoms with Gasteiger partial charge in [0.1, 0.15) is 11.6 Å². The first-order chi connectivity index (χ1) is 11.4. The Morgan fingerprint density at radius 2 is 2.12 bits per heavy atom. The molecule has 0 bridgehead atoms. The zero-order valence-corrected chi connectivity index (χ0v) is 14.5. The highest BCUT2D eigenvalue weighted by atomic mass is 35.5. The van der Waals surface area contributed by atoms with Gasteiger partial charge in [0.2, 0.25) is 0 Å². The number of benzene rings is 1. The van der Waals surface area contributed by atoms with Gasteiger partial charge in [-0.25, -0.2) is 4.98 Å². The minimum absolute atomic E-state index is 0.101. The molecule has 2 heterocycles. The third-order valence-corrected chi connectivity index (χ3v) is 4.39. The average Bonchev–Trinajstić information content (AvgIpc) is 2.96. The maximum Gasteiger partial charge on any atom is 0.264 e. The van der Waals surface area contributed by atoms with Gasteiger partial charge in [-0.3, -0.25) is 14.2 Å². The van der Waals surface area contributed by atoms with Crippen LogP contribution in [0.25, 0.3) is 0 Å². The second-order valence-electron chi connectivity index (χ2n) is 5.86. The molecule has 6 nitrogen and oxygen atoms in total. The van der Waals surface area contributed by atoms with Gasteiger partial charge in [-0.2, -0.15) is 0 Å². The summed E-state index contributed by atoms with van der Waals surface area (Å²) in [7, 11) is 1.68. The molecule has 2 aromatic rings. The van der Waals surface area contributed by atoms with Crippen LogP contribution in [0.1, 0.15) is 24.0 Å². The summed E-state index contributed by atoms with van der Waals surface area (Å²) in [6, 6.07) is 6.90. The van der Waals surface area contributed by atoms with Crippen molar-refractivity contribution in [2.45, 2.75) is 33.0 Å². The van der Waals surface area contributed by atoms with E-state index in [0.29, 0.717) is 34.4 Å². The Hall–Kier alpha value is -2.34. The summed E-state index contributed by atoms with van der Waals surface area (Å²) in [6.07, 6.45) is -0.678. The van der Waals surface area contributed by atoms with E-state index in [1.807, 2.05) is 0 Å². The van der Waals surface area contributed by atoms with Crippen LogP contribution >= 0.6 is 11.6 Å². The van der Waals surface area contributed by atoms with Gasteiger partial charge in [0.25, 0.3) is 11.5 Å². The van der Waals surface area contributed by atoms with Crippen molar-refractivity contribution in [3.63, 3.8) is 0 Å². The number of halogens is 1. The molecule has 1 aliphatic rings. The van der Waals surface area contributed by atoms with Crippen LogP contribution in [0.3, 0.4) is 0 Å². The van der Waals surface area contributed by atoms with E-state index in [4.69, 9.17) is 16.3 Å². The lowest BCUT2D eigenvalue weighted by molar-refractivity contribution is -0.138. The standard InChI is InChI=1S/C17H18ClN3O3/c1-10(24-13-6-4-5-12(18)7-13)16(22)21-8-14-15(9-21)19-11(2)20(3)17(14)23/h4-7,10H,8-9H2,1-3H3/t10-/m0/s1. The molecule has 1 atom stereocenters. The van der Waals surface area contributed by atoms with Crippen molar-refractivity contribution in [1.82, 2.24) is 14.5 Å². The lowest BCUT2D eigenvalue weighted by Gasteiger charge is -2.21. The number of aromatic nitrogens is 2. The van der Waals surface area contributed by atoms with Crippen LogP contribution in [0.15, 0.2) is 29.1 Å². The molecule has 1 aromatic heterocycles. The molecule has 0 radical (unpaired) electrons. The second kappa shape index (κ2) is 6.28.